The molecule has 2 N–H and O–H groups in total. The van der Waals surface area contributed by atoms with Crippen LogP contribution in [0.4, 0.5) is 0 Å². The lowest BCUT2D eigenvalue weighted by Crippen LogP contribution is -2.18. The molecule has 1 aliphatic rings. The fourth-order valence-corrected chi connectivity index (χ4v) is 4.23. The first-order valence-corrected chi connectivity index (χ1v) is 9.68. The Morgan fingerprint density at radius 2 is 2.00 bits per heavy atom. The number of fused-ring (bicyclic) bond motifs is 1. The SMILES string of the molecule is CCCC(CN)c1ccc2c(c1)CC[C@H](Cc1ccccc1OC)C2. The fourth-order valence-electron chi connectivity index (χ4n) is 4.23. The van der Waals surface area contributed by atoms with E-state index in [2.05, 4.69) is 43.3 Å². The molecule has 2 aromatic carbocycles. The predicted molar refractivity (Wildman–Crippen MR) is 105 cm³/mol. The summed E-state index contributed by atoms with van der Waals surface area (Å²) in [5.41, 5.74) is 11.8. The summed E-state index contributed by atoms with van der Waals surface area (Å²) < 4.78 is 5.52. The molecule has 134 valence electrons. The first kappa shape index (κ1) is 18.0. The van der Waals surface area contributed by atoms with Gasteiger partial charge in [-0.1, -0.05) is 49.7 Å². The number of hydrogen-bond acceptors (Lipinski definition) is 2. The van der Waals surface area contributed by atoms with Gasteiger partial charge >= 0.3 is 0 Å². The Labute approximate surface area is 152 Å². The maximum Gasteiger partial charge on any atom is 0.122 e. The van der Waals surface area contributed by atoms with Crippen molar-refractivity contribution in [3.63, 3.8) is 0 Å². The fraction of sp³-hybridized carbons (Fsp3) is 0.478. The highest BCUT2D eigenvalue weighted by atomic mass is 16.5. The first-order valence-electron chi connectivity index (χ1n) is 9.68. The van der Waals surface area contributed by atoms with Gasteiger partial charge in [-0.2, -0.15) is 0 Å². The zero-order chi connectivity index (χ0) is 17.6. The highest BCUT2D eigenvalue weighted by molar-refractivity contribution is 5.38. The van der Waals surface area contributed by atoms with Crippen LogP contribution < -0.4 is 10.5 Å². The van der Waals surface area contributed by atoms with Crippen molar-refractivity contribution in [1.29, 1.82) is 0 Å². The lowest BCUT2D eigenvalue weighted by atomic mass is 9.79. The predicted octanol–water partition coefficient (Wildman–Crippen LogP) is 4.89. The van der Waals surface area contributed by atoms with E-state index in [0.717, 1.165) is 18.7 Å². The normalized spacial score (nSPS) is 17.8. The number of para-hydroxylation sites is 1. The van der Waals surface area contributed by atoms with Gasteiger partial charge < -0.3 is 10.5 Å². The molecule has 2 nitrogen and oxygen atoms in total. The monoisotopic (exact) mass is 337 g/mol. The van der Waals surface area contributed by atoms with Crippen molar-refractivity contribution < 1.29 is 4.74 Å². The number of hydrogen-bond donors (Lipinski definition) is 1. The average Bonchev–Trinajstić information content (AvgIpc) is 2.66. The third-order valence-corrected chi connectivity index (χ3v) is 5.66. The maximum atomic E-state index is 5.99. The van der Waals surface area contributed by atoms with Crippen LogP contribution in [0.15, 0.2) is 42.5 Å². The molecular formula is C23H31NO. The number of methoxy groups -OCH3 is 1. The molecule has 1 aliphatic carbocycles. The third kappa shape index (κ3) is 4.24. The number of aryl methyl sites for hydroxylation is 1. The smallest absolute Gasteiger partial charge is 0.122 e. The van der Waals surface area contributed by atoms with Gasteiger partial charge in [0, 0.05) is 0 Å². The number of nitrogens with two attached hydrogens (primary N) is 1. The number of ether oxygens (including phenoxy) is 1. The van der Waals surface area contributed by atoms with Crippen LogP contribution in [0.2, 0.25) is 0 Å². The van der Waals surface area contributed by atoms with E-state index in [1.54, 1.807) is 12.7 Å². The van der Waals surface area contributed by atoms with Gasteiger partial charge in [-0.25, -0.2) is 0 Å². The van der Waals surface area contributed by atoms with Gasteiger partial charge in [0.25, 0.3) is 0 Å². The molecule has 0 saturated carbocycles. The van der Waals surface area contributed by atoms with Crippen molar-refractivity contribution in [3.8, 4) is 5.75 Å². The summed E-state index contributed by atoms with van der Waals surface area (Å²) in [5.74, 6) is 2.24. The summed E-state index contributed by atoms with van der Waals surface area (Å²) >= 11 is 0. The number of benzene rings is 2. The zero-order valence-corrected chi connectivity index (χ0v) is 15.6. The topological polar surface area (TPSA) is 35.2 Å². The van der Waals surface area contributed by atoms with E-state index < -0.39 is 0 Å². The van der Waals surface area contributed by atoms with Gasteiger partial charge in [0.05, 0.1) is 7.11 Å². The minimum atomic E-state index is 0.515. The summed E-state index contributed by atoms with van der Waals surface area (Å²) in [7, 11) is 1.76. The first-order chi connectivity index (χ1) is 12.2. The van der Waals surface area contributed by atoms with Crippen molar-refractivity contribution in [2.75, 3.05) is 13.7 Å². The molecule has 0 amide bonds. The van der Waals surface area contributed by atoms with Crippen LogP contribution in [0, 0.1) is 5.92 Å². The summed E-state index contributed by atoms with van der Waals surface area (Å²) in [6, 6.07) is 15.5. The van der Waals surface area contributed by atoms with Crippen LogP contribution in [0.25, 0.3) is 0 Å². The Bertz CT molecular complexity index is 694. The van der Waals surface area contributed by atoms with Crippen molar-refractivity contribution in [2.24, 2.45) is 11.7 Å². The van der Waals surface area contributed by atoms with E-state index in [1.807, 2.05) is 6.07 Å². The minimum absolute atomic E-state index is 0.515. The molecule has 0 bridgehead atoms. The van der Waals surface area contributed by atoms with Crippen molar-refractivity contribution >= 4 is 0 Å². The van der Waals surface area contributed by atoms with Gasteiger partial charge in [0.1, 0.15) is 5.75 Å². The maximum absolute atomic E-state index is 5.99. The molecule has 0 aliphatic heterocycles. The standard InChI is InChI=1S/C23H31NO/c1-3-6-22(16-24)20-12-11-18-13-17(9-10-19(18)15-20)14-21-7-4-5-8-23(21)25-2/h4-5,7-8,11-12,15,17,22H,3,6,9-10,13-14,16,24H2,1-2H3/t17-,22?/m0/s1. The van der Waals surface area contributed by atoms with Gasteiger partial charge in [-0.05, 0) is 78.8 Å². The van der Waals surface area contributed by atoms with Gasteiger partial charge in [-0.3, -0.25) is 0 Å². The van der Waals surface area contributed by atoms with Crippen LogP contribution in [0.3, 0.4) is 0 Å². The average molecular weight is 338 g/mol. The molecule has 2 heteroatoms. The molecule has 0 heterocycles. The highest BCUT2D eigenvalue weighted by Crippen LogP contribution is 2.32. The minimum Gasteiger partial charge on any atom is -0.496 e. The summed E-state index contributed by atoms with van der Waals surface area (Å²) in [6.45, 7) is 2.99. The second kappa shape index (κ2) is 8.53. The van der Waals surface area contributed by atoms with Gasteiger partial charge in [-0.15, -0.1) is 0 Å². The van der Waals surface area contributed by atoms with E-state index in [4.69, 9.17) is 10.5 Å². The second-order valence-corrected chi connectivity index (χ2v) is 7.37. The summed E-state index contributed by atoms with van der Waals surface area (Å²) in [5, 5.41) is 0. The molecule has 2 aromatic rings. The molecule has 1 unspecified atom stereocenters. The molecule has 0 saturated heterocycles. The Balaban J connectivity index is 1.71. The summed E-state index contributed by atoms with van der Waals surface area (Å²) in [4.78, 5) is 0. The quantitative estimate of drug-likeness (QED) is 0.781. The largest absolute Gasteiger partial charge is 0.496 e. The van der Waals surface area contributed by atoms with Crippen LogP contribution in [0.5, 0.6) is 5.75 Å². The van der Waals surface area contributed by atoms with Crippen molar-refractivity contribution in [2.45, 2.75) is 51.4 Å². The van der Waals surface area contributed by atoms with E-state index in [0.29, 0.717) is 11.8 Å². The Morgan fingerprint density at radius 1 is 1.16 bits per heavy atom. The van der Waals surface area contributed by atoms with Crippen molar-refractivity contribution in [3.05, 3.63) is 64.7 Å². The molecule has 0 aromatic heterocycles. The highest BCUT2D eigenvalue weighted by Gasteiger charge is 2.21. The van der Waals surface area contributed by atoms with E-state index in [-0.39, 0.29) is 0 Å². The molecule has 0 fully saturated rings. The third-order valence-electron chi connectivity index (χ3n) is 5.66. The Morgan fingerprint density at radius 3 is 2.76 bits per heavy atom. The molecule has 2 atom stereocenters. The van der Waals surface area contributed by atoms with Crippen LogP contribution in [0.1, 0.15) is 54.4 Å². The van der Waals surface area contributed by atoms with Gasteiger partial charge in [0.15, 0.2) is 0 Å². The molecule has 0 spiro atoms. The van der Waals surface area contributed by atoms with Gasteiger partial charge in [0.2, 0.25) is 0 Å². The molecular weight excluding hydrogens is 306 g/mol. The molecule has 3 rings (SSSR count). The lowest BCUT2D eigenvalue weighted by Gasteiger charge is -2.27. The Kier molecular flexibility index (Phi) is 6.14. The second-order valence-electron chi connectivity index (χ2n) is 7.37. The van der Waals surface area contributed by atoms with Crippen LogP contribution in [-0.4, -0.2) is 13.7 Å². The number of rotatable bonds is 7. The zero-order valence-electron chi connectivity index (χ0n) is 15.6. The van der Waals surface area contributed by atoms with E-state index in [9.17, 15) is 0 Å². The van der Waals surface area contributed by atoms with Crippen LogP contribution in [-0.2, 0) is 19.3 Å². The van der Waals surface area contributed by atoms with Crippen molar-refractivity contribution in [1.82, 2.24) is 0 Å². The molecule has 25 heavy (non-hydrogen) atoms. The lowest BCUT2D eigenvalue weighted by molar-refractivity contribution is 0.397. The van der Waals surface area contributed by atoms with E-state index >= 15 is 0 Å². The van der Waals surface area contributed by atoms with E-state index in [1.165, 1.54) is 48.8 Å². The molecule has 0 radical (unpaired) electrons. The van der Waals surface area contributed by atoms with Crippen LogP contribution >= 0.6 is 0 Å². The Hall–Kier alpha value is -1.80. The summed E-state index contributed by atoms with van der Waals surface area (Å²) in [6.07, 6.45) is 7.11.